The molecule has 1 aliphatic carbocycles. The number of hydrogen-bond donors (Lipinski definition) is 1. The third kappa shape index (κ3) is 1.92. The Morgan fingerprint density at radius 3 is 2.71 bits per heavy atom. The highest BCUT2D eigenvalue weighted by Gasteiger charge is 2.19. The predicted molar refractivity (Wildman–Crippen MR) is 52.6 cm³/mol. The lowest BCUT2D eigenvalue weighted by Gasteiger charge is -2.17. The van der Waals surface area contributed by atoms with E-state index in [-0.39, 0.29) is 6.04 Å². The lowest BCUT2D eigenvalue weighted by Crippen LogP contribution is -2.30. The molecule has 5 nitrogen and oxygen atoms in total. The fourth-order valence-corrected chi connectivity index (χ4v) is 2.12. The first-order chi connectivity index (χ1) is 6.77. The van der Waals surface area contributed by atoms with Crippen molar-refractivity contribution in [3.63, 3.8) is 0 Å². The van der Waals surface area contributed by atoms with Gasteiger partial charge in [0.05, 0.1) is 6.04 Å². The molecule has 0 bridgehead atoms. The van der Waals surface area contributed by atoms with Crippen molar-refractivity contribution >= 4 is 0 Å². The summed E-state index contributed by atoms with van der Waals surface area (Å²) in [4.78, 5) is 0. The van der Waals surface area contributed by atoms with Gasteiger partial charge in [-0.05, 0) is 30.2 Å². The molecular formula is C9H17N5. The molecule has 0 aliphatic heterocycles. The van der Waals surface area contributed by atoms with Crippen LogP contribution < -0.4 is 5.32 Å². The standard InChI is InChI=1S/C9H17N5/c1-7(9-11-12-13-14(9)2)10-8-5-3-4-6-8/h7-8,10H,3-6H2,1-2H3. The molecule has 1 N–H and O–H groups in total. The highest BCUT2D eigenvalue weighted by molar-refractivity contribution is 4.91. The number of aryl methyl sites for hydroxylation is 1. The van der Waals surface area contributed by atoms with E-state index in [1.807, 2.05) is 7.05 Å². The van der Waals surface area contributed by atoms with E-state index in [9.17, 15) is 0 Å². The molecule has 1 aliphatic rings. The summed E-state index contributed by atoms with van der Waals surface area (Å²) in [5, 5.41) is 15.0. The summed E-state index contributed by atoms with van der Waals surface area (Å²) >= 11 is 0. The maximum atomic E-state index is 4.00. The quantitative estimate of drug-likeness (QED) is 0.775. The summed E-state index contributed by atoms with van der Waals surface area (Å²) in [6.45, 7) is 2.12. The monoisotopic (exact) mass is 195 g/mol. The molecule has 5 heteroatoms. The summed E-state index contributed by atoms with van der Waals surface area (Å²) in [7, 11) is 1.88. The Labute approximate surface area is 83.9 Å². The van der Waals surface area contributed by atoms with E-state index in [4.69, 9.17) is 0 Å². The molecule has 1 aromatic rings. The second-order valence-corrected chi connectivity index (χ2v) is 4.03. The van der Waals surface area contributed by atoms with Gasteiger partial charge in [0, 0.05) is 13.1 Å². The fraction of sp³-hybridized carbons (Fsp3) is 0.889. The van der Waals surface area contributed by atoms with Crippen molar-refractivity contribution in [2.24, 2.45) is 7.05 Å². The van der Waals surface area contributed by atoms with Crippen LogP contribution in [0.1, 0.15) is 44.5 Å². The van der Waals surface area contributed by atoms with Gasteiger partial charge in [-0.3, -0.25) is 0 Å². The number of aromatic nitrogens is 4. The minimum Gasteiger partial charge on any atom is -0.305 e. The van der Waals surface area contributed by atoms with Crippen LogP contribution in [-0.2, 0) is 7.05 Å². The minimum absolute atomic E-state index is 0.248. The van der Waals surface area contributed by atoms with Gasteiger partial charge in [-0.1, -0.05) is 12.8 Å². The van der Waals surface area contributed by atoms with Gasteiger partial charge in [0.15, 0.2) is 5.82 Å². The fourth-order valence-electron chi connectivity index (χ4n) is 2.12. The van der Waals surface area contributed by atoms with Crippen LogP contribution in [-0.4, -0.2) is 26.2 Å². The Morgan fingerprint density at radius 1 is 1.43 bits per heavy atom. The number of nitrogens with zero attached hydrogens (tertiary/aromatic N) is 4. The third-order valence-corrected chi connectivity index (χ3v) is 2.88. The van der Waals surface area contributed by atoms with Crippen molar-refractivity contribution in [3.05, 3.63) is 5.82 Å². The van der Waals surface area contributed by atoms with Crippen LogP contribution in [0.3, 0.4) is 0 Å². The Hall–Kier alpha value is -0.970. The average molecular weight is 195 g/mol. The summed E-state index contributed by atoms with van der Waals surface area (Å²) in [6.07, 6.45) is 5.27. The van der Waals surface area contributed by atoms with Crippen LogP contribution >= 0.6 is 0 Å². The summed E-state index contributed by atoms with van der Waals surface area (Å²) < 4.78 is 1.73. The van der Waals surface area contributed by atoms with Gasteiger partial charge in [-0.15, -0.1) is 5.10 Å². The van der Waals surface area contributed by atoms with Crippen molar-refractivity contribution in [1.29, 1.82) is 0 Å². The van der Waals surface area contributed by atoms with E-state index in [0.29, 0.717) is 6.04 Å². The van der Waals surface area contributed by atoms with Gasteiger partial charge in [0.25, 0.3) is 0 Å². The second-order valence-electron chi connectivity index (χ2n) is 4.03. The van der Waals surface area contributed by atoms with Crippen LogP contribution in [0.4, 0.5) is 0 Å². The zero-order valence-corrected chi connectivity index (χ0v) is 8.77. The largest absolute Gasteiger partial charge is 0.305 e. The van der Waals surface area contributed by atoms with E-state index >= 15 is 0 Å². The lowest BCUT2D eigenvalue weighted by molar-refractivity contribution is 0.435. The van der Waals surface area contributed by atoms with Gasteiger partial charge in [-0.25, -0.2) is 4.68 Å². The molecule has 1 atom stereocenters. The first-order valence-corrected chi connectivity index (χ1v) is 5.25. The second kappa shape index (κ2) is 4.04. The molecule has 1 unspecified atom stereocenters. The molecule has 2 rings (SSSR count). The van der Waals surface area contributed by atoms with Gasteiger partial charge in [0.1, 0.15) is 0 Å². The molecule has 0 amide bonds. The molecule has 1 fully saturated rings. The van der Waals surface area contributed by atoms with E-state index in [1.54, 1.807) is 4.68 Å². The summed E-state index contributed by atoms with van der Waals surface area (Å²) in [5.41, 5.74) is 0. The van der Waals surface area contributed by atoms with E-state index in [1.165, 1.54) is 25.7 Å². The van der Waals surface area contributed by atoms with Crippen LogP contribution in [0.15, 0.2) is 0 Å². The maximum Gasteiger partial charge on any atom is 0.167 e. The molecule has 0 aromatic carbocycles. The average Bonchev–Trinajstić information content (AvgIpc) is 2.75. The van der Waals surface area contributed by atoms with Crippen molar-refractivity contribution < 1.29 is 0 Å². The first-order valence-electron chi connectivity index (χ1n) is 5.25. The maximum absolute atomic E-state index is 4.00. The van der Waals surface area contributed by atoms with Gasteiger partial charge >= 0.3 is 0 Å². The number of rotatable bonds is 3. The molecule has 1 heterocycles. The molecule has 0 saturated heterocycles. The van der Waals surface area contributed by atoms with Crippen molar-refractivity contribution in [1.82, 2.24) is 25.5 Å². The smallest absolute Gasteiger partial charge is 0.167 e. The predicted octanol–water partition coefficient (Wildman–Crippen LogP) is 0.803. The number of tetrazole rings is 1. The van der Waals surface area contributed by atoms with Gasteiger partial charge < -0.3 is 5.32 Å². The molecule has 14 heavy (non-hydrogen) atoms. The zero-order chi connectivity index (χ0) is 9.97. The molecule has 0 radical (unpaired) electrons. The van der Waals surface area contributed by atoms with Crippen molar-refractivity contribution in [2.75, 3.05) is 0 Å². The molecular weight excluding hydrogens is 178 g/mol. The van der Waals surface area contributed by atoms with Crippen LogP contribution in [0, 0.1) is 0 Å². The van der Waals surface area contributed by atoms with Crippen molar-refractivity contribution in [3.8, 4) is 0 Å². The normalized spacial score (nSPS) is 20.1. The van der Waals surface area contributed by atoms with Gasteiger partial charge in [-0.2, -0.15) is 0 Å². The molecule has 0 spiro atoms. The topological polar surface area (TPSA) is 55.6 Å². The first kappa shape index (κ1) is 9.58. The van der Waals surface area contributed by atoms with E-state index in [2.05, 4.69) is 27.8 Å². The van der Waals surface area contributed by atoms with Crippen LogP contribution in [0.2, 0.25) is 0 Å². The number of hydrogen-bond acceptors (Lipinski definition) is 4. The van der Waals surface area contributed by atoms with Crippen LogP contribution in [0.5, 0.6) is 0 Å². The van der Waals surface area contributed by atoms with Gasteiger partial charge in [0.2, 0.25) is 0 Å². The Kier molecular flexibility index (Phi) is 2.77. The lowest BCUT2D eigenvalue weighted by atomic mass is 10.2. The minimum atomic E-state index is 0.248. The Bertz CT molecular complexity index is 289. The number of nitrogens with one attached hydrogen (secondary N) is 1. The molecule has 1 aromatic heterocycles. The molecule has 1 saturated carbocycles. The highest BCUT2D eigenvalue weighted by Crippen LogP contribution is 2.20. The summed E-state index contributed by atoms with van der Waals surface area (Å²) in [5.74, 6) is 0.914. The zero-order valence-electron chi connectivity index (χ0n) is 8.77. The highest BCUT2D eigenvalue weighted by atomic mass is 15.5. The van der Waals surface area contributed by atoms with Crippen LogP contribution in [0.25, 0.3) is 0 Å². The summed E-state index contributed by atoms with van der Waals surface area (Å²) in [6, 6.07) is 0.903. The SMILES string of the molecule is CC(NC1CCCC1)c1nnnn1C. The Balaban J connectivity index is 1.95. The van der Waals surface area contributed by atoms with Crippen molar-refractivity contribution in [2.45, 2.75) is 44.7 Å². The Morgan fingerprint density at radius 2 is 2.14 bits per heavy atom. The molecule has 78 valence electrons. The van der Waals surface area contributed by atoms with E-state index < -0.39 is 0 Å². The van der Waals surface area contributed by atoms with E-state index in [0.717, 1.165) is 5.82 Å². The third-order valence-electron chi connectivity index (χ3n) is 2.88.